The van der Waals surface area contributed by atoms with Crippen molar-refractivity contribution in [1.29, 1.82) is 0 Å². The number of hydrogen-bond acceptors (Lipinski definition) is 2. The molecule has 1 N–H and O–H groups in total. The van der Waals surface area contributed by atoms with Crippen LogP contribution in [0.4, 0.5) is 0 Å². The van der Waals surface area contributed by atoms with Gasteiger partial charge in [-0.1, -0.05) is 60.7 Å². The molecule has 1 fully saturated rings. The van der Waals surface area contributed by atoms with Gasteiger partial charge in [-0.05, 0) is 6.42 Å². The van der Waals surface area contributed by atoms with Crippen molar-refractivity contribution >= 4 is 30.6 Å². The molecule has 22 heavy (non-hydrogen) atoms. The van der Waals surface area contributed by atoms with Crippen LogP contribution < -0.4 is 10.6 Å². The Kier molecular flexibility index (Phi) is 4.21. The van der Waals surface area contributed by atoms with Crippen LogP contribution in [-0.4, -0.2) is 27.7 Å². The molecule has 2 aromatic carbocycles. The highest BCUT2D eigenvalue weighted by Crippen LogP contribution is 2.44. The minimum atomic E-state index is -1.16. The van der Waals surface area contributed by atoms with Gasteiger partial charge in [-0.15, -0.1) is 0 Å². The molecule has 0 unspecified atom stereocenters. The number of amides is 1. The Morgan fingerprint density at radius 2 is 1.50 bits per heavy atom. The van der Waals surface area contributed by atoms with Crippen LogP contribution in [0.2, 0.25) is 0 Å². The van der Waals surface area contributed by atoms with Crippen LogP contribution in [0.15, 0.2) is 60.7 Å². The van der Waals surface area contributed by atoms with Crippen LogP contribution in [0.1, 0.15) is 12.8 Å². The first-order chi connectivity index (χ1) is 10.7. The third-order valence-corrected chi connectivity index (χ3v) is 6.19. The Labute approximate surface area is 130 Å². The van der Waals surface area contributed by atoms with Crippen molar-refractivity contribution in [2.75, 3.05) is 0 Å². The quantitative estimate of drug-likeness (QED) is 0.880. The molecule has 0 bridgehead atoms. The molecule has 0 saturated carbocycles. The van der Waals surface area contributed by atoms with Crippen molar-refractivity contribution in [1.82, 2.24) is 4.67 Å². The largest absolute Gasteiger partial charge is 0.480 e. The second kappa shape index (κ2) is 6.29. The molecular weight excluding hydrogens is 297 g/mol. The van der Waals surface area contributed by atoms with E-state index in [1.165, 1.54) is 0 Å². The number of benzene rings is 2. The maximum absolute atomic E-state index is 12.4. The van der Waals surface area contributed by atoms with Crippen molar-refractivity contribution in [2.45, 2.75) is 18.9 Å². The van der Waals surface area contributed by atoms with Gasteiger partial charge in [0.25, 0.3) is 0 Å². The van der Waals surface area contributed by atoms with Crippen LogP contribution in [0.5, 0.6) is 0 Å². The molecule has 1 saturated heterocycles. The van der Waals surface area contributed by atoms with E-state index >= 15 is 0 Å². The zero-order valence-corrected chi connectivity index (χ0v) is 12.8. The second-order valence-corrected chi connectivity index (χ2v) is 7.20. The summed E-state index contributed by atoms with van der Waals surface area (Å²) >= 11 is 0. The lowest BCUT2D eigenvalue weighted by atomic mass is 10.2. The first-order valence-electron chi connectivity index (χ1n) is 7.13. The SMILES string of the molecule is O=C(O)[C@@H]1CCC(=O)N1P(c1ccccc1)c1ccccc1. The third-order valence-electron chi connectivity index (χ3n) is 3.68. The van der Waals surface area contributed by atoms with Gasteiger partial charge in [0.2, 0.25) is 5.91 Å². The fraction of sp³-hybridized carbons (Fsp3) is 0.176. The Morgan fingerprint density at radius 1 is 1.00 bits per heavy atom. The highest BCUT2D eigenvalue weighted by atomic mass is 31.1. The highest BCUT2D eigenvalue weighted by molar-refractivity contribution is 7.71. The zero-order chi connectivity index (χ0) is 15.5. The van der Waals surface area contributed by atoms with Crippen molar-refractivity contribution in [3.05, 3.63) is 60.7 Å². The lowest BCUT2D eigenvalue weighted by Crippen LogP contribution is -2.39. The van der Waals surface area contributed by atoms with Gasteiger partial charge in [-0.25, -0.2) is 4.79 Å². The van der Waals surface area contributed by atoms with E-state index in [0.29, 0.717) is 12.8 Å². The average Bonchev–Trinajstić information content (AvgIpc) is 2.92. The van der Waals surface area contributed by atoms with Crippen LogP contribution in [0.25, 0.3) is 0 Å². The van der Waals surface area contributed by atoms with E-state index in [4.69, 9.17) is 0 Å². The number of rotatable bonds is 4. The predicted octanol–water partition coefficient (Wildman–Crippen LogP) is 2.11. The smallest absolute Gasteiger partial charge is 0.326 e. The zero-order valence-electron chi connectivity index (χ0n) is 11.9. The summed E-state index contributed by atoms with van der Waals surface area (Å²) in [6, 6.07) is 18.6. The molecule has 5 heteroatoms. The van der Waals surface area contributed by atoms with Gasteiger partial charge < -0.3 is 5.11 Å². The van der Waals surface area contributed by atoms with Gasteiger partial charge in [-0.2, -0.15) is 0 Å². The van der Waals surface area contributed by atoms with Crippen LogP contribution in [0.3, 0.4) is 0 Å². The summed E-state index contributed by atoms with van der Waals surface area (Å²) in [5, 5.41) is 11.4. The van der Waals surface area contributed by atoms with E-state index in [9.17, 15) is 14.7 Å². The Bertz CT molecular complexity index is 635. The molecule has 2 aromatic rings. The predicted molar refractivity (Wildman–Crippen MR) is 86.6 cm³/mol. The summed E-state index contributed by atoms with van der Waals surface area (Å²) in [6.45, 7) is 0. The fourth-order valence-electron chi connectivity index (χ4n) is 2.69. The molecule has 4 nitrogen and oxygen atoms in total. The molecular formula is C17H16NO3P. The third kappa shape index (κ3) is 2.75. The summed E-state index contributed by atoms with van der Waals surface area (Å²) in [7, 11) is -1.16. The normalized spacial score (nSPS) is 18.0. The summed E-state index contributed by atoms with van der Waals surface area (Å²) in [5.41, 5.74) is 0. The minimum Gasteiger partial charge on any atom is -0.480 e. The van der Waals surface area contributed by atoms with E-state index in [1.807, 2.05) is 60.7 Å². The summed E-state index contributed by atoms with van der Waals surface area (Å²) in [5.74, 6) is -1.00. The Morgan fingerprint density at radius 3 is 1.95 bits per heavy atom. The number of aliphatic carboxylic acids is 1. The number of carboxylic acid groups (broad SMARTS) is 1. The van der Waals surface area contributed by atoms with Gasteiger partial charge in [-0.3, -0.25) is 9.46 Å². The van der Waals surface area contributed by atoms with E-state index in [1.54, 1.807) is 4.67 Å². The molecule has 1 aliphatic rings. The molecule has 0 aliphatic carbocycles. The van der Waals surface area contributed by atoms with Crippen molar-refractivity contribution in [3.63, 3.8) is 0 Å². The van der Waals surface area contributed by atoms with Crippen LogP contribution in [-0.2, 0) is 9.59 Å². The number of hydrogen-bond donors (Lipinski definition) is 1. The maximum atomic E-state index is 12.4. The van der Waals surface area contributed by atoms with Crippen LogP contribution >= 0.6 is 8.07 Å². The lowest BCUT2D eigenvalue weighted by molar-refractivity contribution is -0.142. The van der Waals surface area contributed by atoms with Gasteiger partial charge in [0.05, 0.1) is 8.07 Å². The summed E-state index contributed by atoms with van der Waals surface area (Å²) < 4.78 is 1.59. The Hall–Kier alpha value is -2.19. The van der Waals surface area contributed by atoms with Crippen LogP contribution in [0, 0.1) is 0 Å². The van der Waals surface area contributed by atoms with Crippen molar-refractivity contribution in [2.24, 2.45) is 0 Å². The van der Waals surface area contributed by atoms with Gasteiger partial charge >= 0.3 is 5.97 Å². The van der Waals surface area contributed by atoms with Crippen molar-refractivity contribution < 1.29 is 14.7 Å². The molecule has 0 spiro atoms. The topological polar surface area (TPSA) is 57.6 Å². The summed E-state index contributed by atoms with van der Waals surface area (Å²) in [6.07, 6.45) is 0.683. The maximum Gasteiger partial charge on any atom is 0.326 e. The first kappa shape index (κ1) is 14.7. The van der Waals surface area contributed by atoms with E-state index in [2.05, 4.69) is 0 Å². The van der Waals surface area contributed by atoms with Crippen molar-refractivity contribution in [3.8, 4) is 0 Å². The monoisotopic (exact) mass is 313 g/mol. The lowest BCUT2D eigenvalue weighted by Gasteiger charge is -2.31. The summed E-state index contributed by atoms with van der Waals surface area (Å²) in [4.78, 5) is 23.9. The molecule has 112 valence electrons. The second-order valence-electron chi connectivity index (χ2n) is 5.11. The Balaban J connectivity index is 2.09. The molecule has 1 aliphatic heterocycles. The van der Waals surface area contributed by atoms with Gasteiger partial charge in [0, 0.05) is 17.0 Å². The van der Waals surface area contributed by atoms with E-state index in [-0.39, 0.29) is 5.91 Å². The molecule has 0 radical (unpaired) electrons. The minimum absolute atomic E-state index is 0.0776. The molecule has 1 amide bonds. The highest BCUT2D eigenvalue weighted by Gasteiger charge is 2.41. The molecule has 1 heterocycles. The fourth-order valence-corrected chi connectivity index (χ4v) is 5.21. The number of carbonyl (C=O) groups is 2. The average molecular weight is 313 g/mol. The van der Waals surface area contributed by atoms with E-state index in [0.717, 1.165) is 10.6 Å². The number of carbonyl (C=O) groups excluding carboxylic acids is 1. The molecule has 1 atom stereocenters. The number of carboxylic acids is 1. The van der Waals surface area contributed by atoms with Gasteiger partial charge in [0.1, 0.15) is 6.04 Å². The first-order valence-corrected chi connectivity index (χ1v) is 8.43. The van der Waals surface area contributed by atoms with Gasteiger partial charge in [0.15, 0.2) is 0 Å². The van der Waals surface area contributed by atoms with E-state index < -0.39 is 20.1 Å². The number of nitrogens with zero attached hydrogens (tertiary/aromatic N) is 1. The standard InChI is InChI=1S/C17H16NO3P/c19-16-12-11-15(17(20)21)18(16)22(13-7-3-1-4-8-13)14-9-5-2-6-10-14/h1-10,15H,11-12H2,(H,20,21)/t15-/m0/s1. The molecule has 3 rings (SSSR count). The molecule has 0 aromatic heterocycles.